The molecule has 2 N–H and O–H groups in total. The smallest absolute Gasteiger partial charge is 0.233 e. The maximum absolute atomic E-state index is 12.5. The summed E-state index contributed by atoms with van der Waals surface area (Å²) < 4.78 is 6.69. The third-order valence-corrected chi connectivity index (χ3v) is 5.24. The first kappa shape index (κ1) is 16.9. The molecule has 2 unspecified atom stereocenters. The number of hydrogen-bond acceptors (Lipinski definition) is 6. The predicted octanol–water partition coefficient (Wildman–Crippen LogP) is 2.16. The third kappa shape index (κ3) is 3.43. The molecule has 1 amide bonds. The van der Waals surface area contributed by atoms with E-state index in [-0.39, 0.29) is 5.91 Å². The van der Waals surface area contributed by atoms with Gasteiger partial charge in [0.15, 0.2) is 5.82 Å². The molecule has 130 valence electrons. The maximum atomic E-state index is 12.5. The molecule has 2 aromatic rings. The van der Waals surface area contributed by atoms with Gasteiger partial charge in [0.2, 0.25) is 11.1 Å². The van der Waals surface area contributed by atoms with Gasteiger partial charge in [-0.05, 0) is 31.2 Å². The first-order chi connectivity index (χ1) is 11.5. The molecule has 0 aliphatic carbocycles. The third-order valence-electron chi connectivity index (χ3n) is 4.31. The number of carbonyl (C=O) groups excluding carboxylic acids is 1. The van der Waals surface area contributed by atoms with E-state index < -0.39 is 0 Å². The van der Waals surface area contributed by atoms with Gasteiger partial charge in [0.05, 0.1) is 17.6 Å². The lowest BCUT2D eigenvalue weighted by atomic mass is 9.92. The molecule has 1 aliphatic heterocycles. The van der Waals surface area contributed by atoms with Crippen LogP contribution in [0.1, 0.15) is 26.0 Å². The fraction of sp³-hybridized carbons (Fsp3) is 0.562. The number of rotatable bonds is 4. The highest BCUT2D eigenvalue weighted by atomic mass is 32.2. The predicted molar refractivity (Wildman–Crippen MR) is 92.9 cm³/mol. The first-order valence-corrected chi connectivity index (χ1v) is 9.09. The minimum Gasteiger partial charge on any atom is -0.469 e. The van der Waals surface area contributed by atoms with Crippen LogP contribution in [0.15, 0.2) is 21.9 Å². The molecular weight excluding hydrogens is 326 g/mol. The molecule has 0 aromatic carbocycles. The monoisotopic (exact) mass is 349 g/mol. The van der Waals surface area contributed by atoms with Crippen LogP contribution < -0.4 is 5.84 Å². The minimum atomic E-state index is 0.127. The van der Waals surface area contributed by atoms with Crippen molar-refractivity contribution in [3.8, 4) is 11.4 Å². The Kier molecular flexibility index (Phi) is 4.84. The molecule has 2 atom stereocenters. The van der Waals surface area contributed by atoms with Crippen molar-refractivity contribution in [2.45, 2.75) is 32.3 Å². The summed E-state index contributed by atoms with van der Waals surface area (Å²) >= 11 is 1.32. The Balaban J connectivity index is 1.64. The summed E-state index contributed by atoms with van der Waals surface area (Å²) in [6.07, 6.45) is 2.77. The van der Waals surface area contributed by atoms with Crippen molar-refractivity contribution in [1.82, 2.24) is 19.8 Å². The molecule has 3 rings (SSSR count). The van der Waals surface area contributed by atoms with Gasteiger partial charge >= 0.3 is 0 Å². The molecule has 8 heteroatoms. The van der Waals surface area contributed by atoms with Crippen LogP contribution in [-0.4, -0.2) is 44.5 Å². The van der Waals surface area contributed by atoms with Gasteiger partial charge in [-0.25, -0.2) is 4.68 Å². The molecule has 2 aromatic heterocycles. The summed E-state index contributed by atoms with van der Waals surface area (Å²) in [7, 11) is 0. The molecule has 0 radical (unpaired) electrons. The van der Waals surface area contributed by atoms with Gasteiger partial charge in [0.25, 0.3) is 0 Å². The Hall–Kier alpha value is -1.96. The Morgan fingerprint density at radius 1 is 1.38 bits per heavy atom. The van der Waals surface area contributed by atoms with Gasteiger partial charge in [-0.15, -0.1) is 10.2 Å². The zero-order valence-corrected chi connectivity index (χ0v) is 15.0. The van der Waals surface area contributed by atoms with Crippen LogP contribution >= 0.6 is 11.8 Å². The second-order valence-corrected chi connectivity index (χ2v) is 7.54. The van der Waals surface area contributed by atoms with Gasteiger partial charge in [-0.1, -0.05) is 25.6 Å². The molecule has 0 saturated carbocycles. The summed E-state index contributed by atoms with van der Waals surface area (Å²) in [6.45, 7) is 7.90. The highest BCUT2D eigenvalue weighted by Crippen LogP contribution is 2.26. The number of nitrogens with two attached hydrogens (primary N) is 1. The van der Waals surface area contributed by atoms with E-state index >= 15 is 0 Å². The molecule has 1 fully saturated rings. The van der Waals surface area contributed by atoms with Gasteiger partial charge in [-0.2, -0.15) is 0 Å². The van der Waals surface area contributed by atoms with Gasteiger partial charge < -0.3 is 15.2 Å². The summed E-state index contributed by atoms with van der Waals surface area (Å²) in [5.74, 6) is 8.90. The number of likely N-dealkylation sites (tertiary alicyclic amines) is 1. The fourth-order valence-corrected chi connectivity index (χ4v) is 4.02. The number of aromatic nitrogens is 3. The van der Waals surface area contributed by atoms with E-state index in [2.05, 4.69) is 24.0 Å². The molecule has 1 aliphatic rings. The molecule has 0 spiro atoms. The van der Waals surface area contributed by atoms with E-state index in [1.165, 1.54) is 22.9 Å². The summed E-state index contributed by atoms with van der Waals surface area (Å²) in [5, 5.41) is 8.74. The van der Waals surface area contributed by atoms with Crippen molar-refractivity contribution in [2.24, 2.45) is 11.8 Å². The number of nitrogens with zero attached hydrogens (tertiary/aromatic N) is 4. The van der Waals surface area contributed by atoms with Crippen LogP contribution in [-0.2, 0) is 4.79 Å². The molecule has 24 heavy (non-hydrogen) atoms. The van der Waals surface area contributed by atoms with E-state index in [4.69, 9.17) is 10.3 Å². The van der Waals surface area contributed by atoms with Crippen LogP contribution in [0.3, 0.4) is 0 Å². The van der Waals surface area contributed by atoms with Crippen molar-refractivity contribution < 1.29 is 9.21 Å². The zero-order valence-electron chi connectivity index (χ0n) is 14.2. The molecule has 7 nitrogen and oxygen atoms in total. The molecular formula is C16H23N5O2S. The second kappa shape index (κ2) is 6.88. The van der Waals surface area contributed by atoms with Crippen LogP contribution in [0.4, 0.5) is 0 Å². The maximum Gasteiger partial charge on any atom is 0.233 e. The summed E-state index contributed by atoms with van der Waals surface area (Å²) in [5.41, 5.74) is 0.807. The lowest BCUT2D eigenvalue weighted by molar-refractivity contribution is -0.130. The average Bonchev–Trinajstić information content (AvgIpc) is 3.09. The van der Waals surface area contributed by atoms with Crippen molar-refractivity contribution in [2.75, 3.05) is 24.7 Å². The number of nitrogen functional groups attached to an aromatic ring is 1. The van der Waals surface area contributed by atoms with E-state index in [0.717, 1.165) is 24.4 Å². The lowest BCUT2D eigenvalue weighted by Crippen LogP contribution is -2.43. The highest BCUT2D eigenvalue weighted by Gasteiger charge is 2.26. The standard InChI is InChI=1S/C16H23N5O2S/c1-10-6-11(2)8-20(7-10)14(22)9-24-16-19-18-15(21(16)17)13-4-5-23-12(13)3/h4-5,10-11H,6-9,17H2,1-3H3. The van der Waals surface area contributed by atoms with Gasteiger partial charge in [0.1, 0.15) is 5.76 Å². The first-order valence-electron chi connectivity index (χ1n) is 8.11. The van der Waals surface area contributed by atoms with Crippen LogP contribution in [0.25, 0.3) is 11.4 Å². The molecule has 1 saturated heterocycles. The summed E-state index contributed by atoms with van der Waals surface area (Å²) in [4.78, 5) is 14.4. The van der Waals surface area contributed by atoms with Crippen molar-refractivity contribution in [3.63, 3.8) is 0 Å². The number of furan rings is 1. The Morgan fingerprint density at radius 2 is 2.08 bits per heavy atom. The number of aryl methyl sites for hydroxylation is 1. The van der Waals surface area contributed by atoms with Crippen molar-refractivity contribution in [1.29, 1.82) is 0 Å². The van der Waals surface area contributed by atoms with E-state index in [9.17, 15) is 4.79 Å². The molecule has 3 heterocycles. The Bertz CT molecular complexity index is 716. The number of piperidine rings is 1. The number of carbonyl (C=O) groups is 1. The lowest BCUT2D eigenvalue weighted by Gasteiger charge is -2.34. The quantitative estimate of drug-likeness (QED) is 0.672. The largest absolute Gasteiger partial charge is 0.469 e. The average molecular weight is 349 g/mol. The van der Waals surface area contributed by atoms with E-state index in [0.29, 0.717) is 28.6 Å². The van der Waals surface area contributed by atoms with Gasteiger partial charge in [0, 0.05) is 13.1 Å². The van der Waals surface area contributed by atoms with Crippen molar-refractivity contribution >= 4 is 17.7 Å². The number of amides is 1. The second-order valence-electron chi connectivity index (χ2n) is 6.60. The van der Waals surface area contributed by atoms with Crippen LogP contribution in [0.5, 0.6) is 0 Å². The van der Waals surface area contributed by atoms with Crippen LogP contribution in [0, 0.1) is 18.8 Å². The number of hydrogen-bond donors (Lipinski definition) is 1. The topological polar surface area (TPSA) is 90.2 Å². The molecule has 0 bridgehead atoms. The van der Waals surface area contributed by atoms with Gasteiger partial charge in [-0.3, -0.25) is 4.79 Å². The summed E-state index contributed by atoms with van der Waals surface area (Å²) in [6, 6.07) is 1.80. The van der Waals surface area contributed by atoms with Crippen LogP contribution in [0.2, 0.25) is 0 Å². The van der Waals surface area contributed by atoms with Crippen molar-refractivity contribution in [3.05, 3.63) is 18.1 Å². The normalized spacial score (nSPS) is 21.2. The highest BCUT2D eigenvalue weighted by molar-refractivity contribution is 7.99. The Morgan fingerprint density at radius 3 is 2.71 bits per heavy atom. The van der Waals surface area contributed by atoms with E-state index in [1.807, 2.05) is 11.8 Å². The van der Waals surface area contributed by atoms with E-state index in [1.54, 1.807) is 12.3 Å². The SMILES string of the molecule is Cc1occc1-c1nnc(SCC(=O)N2CC(C)CC(C)C2)n1N. The fourth-order valence-electron chi connectivity index (χ4n) is 3.26. The minimum absolute atomic E-state index is 0.127. The zero-order chi connectivity index (χ0) is 17.3. The Labute approximate surface area is 145 Å². The number of thioether (sulfide) groups is 1.